The molecular formula is C16H24ClN3O. The highest BCUT2D eigenvalue weighted by molar-refractivity contribution is 6.33. The van der Waals surface area contributed by atoms with Gasteiger partial charge in [-0.3, -0.25) is 4.79 Å². The molecule has 0 fully saturated rings. The fourth-order valence-corrected chi connectivity index (χ4v) is 3.04. The van der Waals surface area contributed by atoms with E-state index in [1.54, 1.807) is 7.05 Å². The number of hydrogen-bond donors (Lipinski definition) is 2. The number of halogens is 1. The molecule has 1 aliphatic heterocycles. The molecule has 2 rings (SSSR count). The lowest BCUT2D eigenvalue weighted by atomic mass is 10.1. The predicted molar refractivity (Wildman–Crippen MR) is 89.2 cm³/mol. The highest BCUT2D eigenvalue weighted by Gasteiger charge is 2.31. The van der Waals surface area contributed by atoms with Gasteiger partial charge in [-0.05, 0) is 38.9 Å². The topological polar surface area (TPSA) is 44.4 Å². The maximum absolute atomic E-state index is 11.9. The standard InChI is InChI=1S/C16H24ClN3O/c1-9(2)8-20(10(3)4)14-7-13-11(6-12(14)17)15(18-5)16(21)19-13/h6-7,9-10,15,18H,8H2,1-5H3,(H,19,21). The van der Waals surface area contributed by atoms with Gasteiger partial charge in [-0.15, -0.1) is 0 Å². The number of anilines is 2. The van der Waals surface area contributed by atoms with Gasteiger partial charge in [0.05, 0.1) is 10.7 Å². The van der Waals surface area contributed by atoms with Gasteiger partial charge in [0.1, 0.15) is 6.04 Å². The molecule has 0 aliphatic carbocycles. The van der Waals surface area contributed by atoms with Crippen molar-refractivity contribution in [3.8, 4) is 0 Å². The molecule has 1 aromatic rings. The van der Waals surface area contributed by atoms with Gasteiger partial charge in [0.25, 0.3) is 0 Å². The quantitative estimate of drug-likeness (QED) is 0.876. The Morgan fingerprint density at radius 3 is 2.52 bits per heavy atom. The number of amides is 1. The molecule has 2 N–H and O–H groups in total. The molecule has 1 aliphatic rings. The van der Waals surface area contributed by atoms with E-state index in [-0.39, 0.29) is 11.9 Å². The molecule has 1 amide bonds. The van der Waals surface area contributed by atoms with E-state index in [0.29, 0.717) is 17.0 Å². The first kappa shape index (κ1) is 16.1. The van der Waals surface area contributed by atoms with Crippen LogP contribution in [0.15, 0.2) is 12.1 Å². The van der Waals surface area contributed by atoms with Crippen LogP contribution in [0.2, 0.25) is 5.02 Å². The van der Waals surface area contributed by atoms with E-state index in [4.69, 9.17) is 11.6 Å². The van der Waals surface area contributed by atoms with Crippen LogP contribution in [0.1, 0.15) is 39.3 Å². The Labute approximate surface area is 131 Å². The lowest BCUT2D eigenvalue weighted by molar-refractivity contribution is -0.117. The van der Waals surface area contributed by atoms with Crippen LogP contribution < -0.4 is 15.5 Å². The summed E-state index contributed by atoms with van der Waals surface area (Å²) in [6, 6.07) is 3.93. The second kappa shape index (κ2) is 6.24. The van der Waals surface area contributed by atoms with Crippen molar-refractivity contribution >= 4 is 28.9 Å². The number of nitrogens with zero attached hydrogens (tertiary/aromatic N) is 1. The third-order valence-electron chi connectivity index (χ3n) is 3.73. The molecule has 4 nitrogen and oxygen atoms in total. The highest BCUT2D eigenvalue weighted by atomic mass is 35.5. The molecule has 5 heteroatoms. The molecule has 1 unspecified atom stereocenters. The summed E-state index contributed by atoms with van der Waals surface area (Å²) in [7, 11) is 1.78. The van der Waals surface area contributed by atoms with Gasteiger partial charge in [0.2, 0.25) is 5.91 Å². The van der Waals surface area contributed by atoms with E-state index in [9.17, 15) is 4.79 Å². The predicted octanol–water partition coefficient (Wildman–Crippen LogP) is 3.42. The van der Waals surface area contributed by atoms with Gasteiger partial charge in [-0.25, -0.2) is 0 Å². The van der Waals surface area contributed by atoms with Crippen molar-refractivity contribution in [2.75, 3.05) is 23.8 Å². The molecule has 1 atom stereocenters. The van der Waals surface area contributed by atoms with Crippen LogP contribution in [0.3, 0.4) is 0 Å². The second-order valence-electron chi connectivity index (χ2n) is 6.24. The summed E-state index contributed by atoms with van der Waals surface area (Å²) in [5.74, 6) is 0.511. The van der Waals surface area contributed by atoms with Gasteiger partial charge in [-0.2, -0.15) is 0 Å². The normalized spacial score (nSPS) is 17.3. The van der Waals surface area contributed by atoms with E-state index in [2.05, 4.69) is 43.2 Å². The minimum absolute atomic E-state index is 0.0272. The summed E-state index contributed by atoms with van der Waals surface area (Å²) in [5.41, 5.74) is 2.76. The first-order chi connectivity index (χ1) is 9.85. The Morgan fingerprint density at radius 2 is 2.00 bits per heavy atom. The number of nitrogens with one attached hydrogen (secondary N) is 2. The summed E-state index contributed by atoms with van der Waals surface area (Å²) in [6.07, 6.45) is 0. The molecule has 1 heterocycles. The summed E-state index contributed by atoms with van der Waals surface area (Å²) in [6.45, 7) is 9.62. The molecule has 0 saturated heterocycles. The minimum Gasteiger partial charge on any atom is -0.368 e. The minimum atomic E-state index is -0.316. The van der Waals surface area contributed by atoms with Crippen molar-refractivity contribution in [3.05, 3.63) is 22.7 Å². The third kappa shape index (κ3) is 3.16. The third-order valence-corrected chi connectivity index (χ3v) is 4.04. The monoisotopic (exact) mass is 309 g/mol. The molecule has 0 spiro atoms. The fourth-order valence-electron chi connectivity index (χ4n) is 2.76. The van der Waals surface area contributed by atoms with Crippen molar-refractivity contribution in [2.24, 2.45) is 5.92 Å². The van der Waals surface area contributed by atoms with Crippen LogP contribution in [-0.4, -0.2) is 25.5 Å². The summed E-state index contributed by atoms with van der Waals surface area (Å²) in [5, 5.41) is 6.64. The van der Waals surface area contributed by atoms with Gasteiger partial charge in [-0.1, -0.05) is 25.4 Å². The zero-order valence-electron chi connectivity index (χ0n) is 13.3. The van der Waals surface area contributed by atoms with Crippen LogP contribution in [0, 0.1) is 5.92 Å². The molecular weight excluding hydrogens is 286 g/mol. The molecule has 21 heavy (non-hydrogen) atoms. The van der Waals surface area contributed by atoms with E-state index < -0.39 is 0 Å². The van der Waals surface area contributed by atoms with Crippen molar-refractivity contribution < 1.29 is 4.79 Å². The van der Waals surface area contributed by atoms with E-state index >= 15 is 0 Å². The largest absolute Gasteiger partial charge is 0.368 e. The average molecular weight is 310 g/mol. The first-order valence-corrected chi connectivity index (χ1v) is 7.81. The smallest absolute Gasteiger partial charge is 0.246 e. The Morgan fingerprint density at radius 1 is 1.33 bits per heavy atom. The molecule has 0 aromatic heterocycles. The zero-order chi connectivity index (χ0) is 15.7. The Hall–Kier alpha value is -1.26. The number of rotatable bonds is 5. The van der Waals surface area contributed by atoms with E-state index in [1.807, 2.05) is 12.1 Å². The highest BCUT2D eigenvalue weighted by Crippen LogP contribution is 2.39. The van der Waals surface area contributed by atoms with Gasteiger partial charge >= 0.3 is 0 Å². The Balaban J connectivity index is 2.43. The lowest BCUT2D eigenvalue weighted by Gasteiger charge is -2.32. The van der Waals surface area contributed by atoms with E-state index in [1.165, 1.54) is 0 Å². The van der Waals surface area contributed by atoms with Crippen LogP contribution in [0.4, 0.5) is 11.4 Å². The van der Waals surface area contributed by atoms with Crippen LogP contribution in [-0.2, 0) is 4.79 Å². The van der Waals surface area contributed by atoms with E-state index in [0.717, 1.165) is 23.5 Å². The second-order valence-corrected chi connectivity index (χ2v) is 6.65. The zero-order valence-corrected chi connectivity index (χ0v) is 14.1. The number of fused-ring (bicyclic) bond motifs is 1. The lowest BCUT2D eigenvalue weighted by Crippen LogP contribution is -2.34. The average Bonchev–Trinajstić information content (AvgIpc) is 2.69. The van der Waals surface area contributed by atoms with Crippen LogP contribution in [0.25, 0.3) is 0 Å². The van der Waals surface area contributed by atoms with Crippen LogP contribution in [0.5, 0.6) is 0 Å². The number of carbonyl (C=O) groups is 1. The summed E-state index contributed by atoms with van der Waals surface area (Å²) >= 11 is 6.49. The molecule has 0 bridgehead atoms. The molecule has 0 radical (unpaired) electrons. The number of benzene rings is 1. The molecule has 116 valence electrons. The van der Waals surface area contributed by atoms with Crippen LogP contribution >= 0.6 is 11.6 Å². The maximum atomic E-state index is 11.9. The Kier molecular flexibility index (Phi) is 4.79. The molecule has 1 aromatic carbocycles. The number of hydrogen-bond acceptors (Lipinski definition) is 3. The SMILES string of the molecule is CNC1C(=O)Nc2cc(N(CC(C)C)C(C)C)c(Cl)cc21. The van der Waals surface area contributed by atoms with Gasteiger partial charge in [0.15, 0.2) is 0 Å². The van der Waals surface area contributed by atoms with Crippen molar-refractivity contribution in [1.29, 1.82) is 0 Å². The first-order valence-electron chi connectivity index (χ1n) is 7.43. The maximum Gasteiger partial charge on any atom is 0.246 e. The number of likely N-dealkylation sites (N-methyl/N-ethyl adjacent to an activating group) is 1. The van der Waals surface area contributed by atoms with Gasteiger partial charge < -0.3 is 15.5 Å². The fraction of sp³-hybridized carbons (Fsp3) is 0.562. The van der Waals surface area contributed by atoms with Gasteiger partial charge in [0, 0.05) is 23.8 Å². The van der Waals surface area contributed by atoms with Crippen molar-refractivity contribution in [1.82, 2.24) is 5.32 Å². The van der Waals surface area contributed by atoms with Crippen molar-refractivity contribution in [2.45, 2.75) is 39.8 Å². The molecule has 0 saturated carbocycles. The summed E-state index contributed by atoms with van der Waals surface area (Å²) < 4.78 is 0. The van der Waals surface area contributed by atoms with Crippen molar-refractivity contribution in [3.63, 3.8) is 0 Å². The summed E-state index contributed by atoms with van der Waals surface area (Å²) in [4.78, 5) is 14.2. The number of carbonyl (C=O) groups excluding carboxylic acids is 1. The Bertz CT molecular complexity index is 543.